The second-order valence-electron chi connectivity index (χ2n) is 12.1. The highest BCUT2D eigenvalue weighted by molar-refractivity contribution is 7.22. The van der Waals surface area contributed by atoms with Crippen LogP contribution in [0.15, 0.2) is 30.7 Å². The van der Waals surface area contributed by atoms with E-state index >= 15 is 4.39 Å². The van der Waals surface area contributed by atoms with Crippen LogP contribution in [-0.2, 0) is 14.3 Å². The van der Waals surface area contributed by atoms with Gasteiger partial charge in [-0.25, -0.2) is 18.2 Å². The van der Waals surface area contributed by atoms with Crippen LogP contribution in [0.5, 0.6) is 6.01 Å². The van der Waals surface area contributed by atoms with Gasteiger partial charge in [0.1, 0.15) is 22.8 Å². The van der Waals surface area contributed by atoms with Crippen LogP contribution in [0.2, 0.25) is 0 Å². The van der Waals surface area contributed by atoms with E-state index in [1.807, 2.05) is 0 Å². The molecule has 2 saturated heterocycles. The lowest BCUT2D eigenvalue weighted by molar-refractivity contribution is -0.119. The van der Waals surface area contributed by atoms with Gasteiger partial charge in [0.2, 0.25) is 0 Å². The lowest BCUT2D eigenvalue weighted by atomic mass is 10.1. The number of halogens is 3. The van der Waals surface area contributed by atoms with Gasteiger partial charge in [0.25, 0.3) is 5.91 Å². The summed E-state index contributed by atoms with van der Waals surface area (Å²) in [6.45, 7) is 8.23. The number of benzene rings is 1. The van der Waals surface area contributed by atoms with Gasteiger partial charge >= 0.3 is 6.01 Å². The first-order valence-electron chi connectivity index (χ1n) is 15.3. The Morgan fingerprint density at radius 3 is 2.68 bits per heavy atom. The van der Waals surface area contributed by atoms with Crippen molar-refractivity contribution in [3.8, 4) is 17.3 Å². The first-order valence-corrected chi connectivity index (χ1v) is 16.1. The molecule has 5 heterocycles. The van der Waals surface area contributed by atoms with E-state index in [2.05, 4.69) is 31.7 Å². The van der Waals surface area contributed by atoms with Gasteiger partial charge in [-0.05, 0) is 25.0 Å². The van der Waals surface area contributed by atoms with E-state index in [9.17, 15) is 13.6 Å². The molecule has 1 atom stereocenters. The molecule has 12 nitrogen and oxygen atoms in total. The molecule has 248 valence electrons. The fraction of sp³-hybridized carbons (Fsp3) is 0.452. The summed E-state index contributed by atoms with van der Waals surface area (Å²) in [5, 5.41) is 3.00. The van der Waals surface area contributed by atoms with Crippen molar-refractivity contribution in [1.82, 2.24) is 30.2 Å². The number of hydrogen-bond acceptors (Lipinski definition) is 12. The fourth-order valence-electron chi connectivity index (χ4n) is 6.03. The highest BCUT2D eigenvalue weighted by Crippen LogP contribution is 2.47. The summed E-state index contributed by atoms with van der Waals surface area (Å²) in [7, 11) is 0. The molecule has 1 saturated carbocycles. The number of amides is 1. The Labute approximate surface area is 271 Å². The lowest BCUT2D eigenvalue weighted by Crippen LogP contribution is -2.45. The van der Waals surface area contributed by atoms with E-state index in [0.717, 1.165) is 43.8 Å². The van der Waals surface area contributed by atoms with Crippen LogP contribution >= 0.6 is 11.3 Å². The van der Waals surface area contributed by atoms with E-state index in [4.69, 9.17) is 24.9 Å². The molecule has 1 unspecified atom stereocenters. The highest BCUT2D eigenvalue weighted by atomic mass is 32.1. The zero-order chi connectivity index (χ0) is 32.7. The zero-order valence-corrected chi connectivity index (χ0v) is 26.3. The number of nitrogens with zero attached hydrogens (tertiary/aromatic N) is 6. The molecule has 0 bridgehead atoms. The molecule has 2 aliphatic heterocycles. The number of rotatable bonds is 9. The third-order valence-electron chi connectivity index (χ3n) is 8.68. The predicted molar refractivity (Wildman–Crippen MR) is 170 cm³/mol. The number of nitrogens with two attached hydrogens (primary N) is 1. The van der Waals surface area contributed by atoms with Gasteiger partial charge in [-0.1, -0.05) is 17.9 Å². The number of carbonyl (C=O) groups is 1. The first kappa shape index (κ1) is 31.5. The van der Waals surface area contributed by atoms with Crippen molar-refractivity contribution < 1.29 is 32.2 Å². The Morgan fingerprint density at radius 2 is 1.91 bits per heavy atom. The summed E-state index contributed by atoms with van der Waals surface area (Å²) >= 11 is 0.964. The molecule has 1 amide bonds. The third-order valence-corrected chi connectivity index (χ3v) is 9.58. The van der Waals surface area contributed by atoms with Crippen molar-refractivity contribution in [2.24, 2.45) is 5.41 Å². The van der Waals surface area contributed by atoms with Crippen molar-refractivity contribution in [2.75, 3.05) is 76.4 Å². The fourth-order valence-corrected chi connectivity index (χ4v) is 6.79. The van der Waals surface area contributed by atoms with E-state index in [1.54, 1.807) is 4.90 Å². The molecule has 47 heavy (non-hydrogen) atoms. The molecule has 16 heteroatoms. The van der Waals surface area contributed by atoms with E-state index < -0.39 is 29.4 Å². The Kier molecular flexibility index (Phi) is 8.59. The van der Waals surface area contributed by atoms with Crippen LogP contribution in [0, 0.1) is 17.0 Å². The number of hydrogen-bond donors (Lipinski definition) is 2. The van der Waals surface area contributed by atoms with Crippen LogP contribution in [0.3, 0.4) is 0 Å². The molecule has 0 radical (unpaired) electrons. The van der Waals surface area contributed by atoms with Crippen molar-refractivity contribution in [1.29, 1.82) is 0 Å². The normalized spacial score (nSPS) is 19.9. The highest BCUT2D eigenvalue weighted by Gasteiger charge is 2.45. The van der Waals surface area contributed by atoms with Gasteiger partial charge in [-0.3, -0.25) is 14.7 Å². The molecule has 0 spiro atoms. The number of anilines is 2. The Balaban J connectivity index is 1.27. The van der Waals surface area contributed by atoms with Crippen molar-refractivity contribution in [3.63, 3.8) is 0 Å². The maximum atomic E-state index is 16.6. The van der Waals surface area contributed by atoms with Gasteiger partial charge in [0.15, 0.2) is 16.8 Å². The minimum absolute atomic E-state index is 0.0261. The number of carbonyl (C=O) groups excluding carboxylic acids is 1. The number of morpholine rings is 1. The number of aromatic nitrogens is 4. The second-order valence-corrected chi connectivity index (χ2v) is 13.1. The number of thiazole rings is 1. The average Bonchev–Trinajstić information content (AvgIpc) is 3.77. The Morgan fingerprint density at radius 1 is 1.13 bits per heavy atom. The van der Waals surface area contributed by atoms with E-state index in [0.29, 0.717) is 32.2 Å². The Hall–Kier alpha value is -4.12. The van der Waals surface area contributed by atoms with Crippen LogP contribution in [-0.4, -0.2) is 103 Å². The second kappa shape index (κ2) is 12.8. The summed E-state index contributed by atoms with van der Waals surface area (Å²) < 4.78 is 62.3. The number of pyridine rings is 1. The number of nitrogen functional groups attached to an aromatic ring is 1. The van der Waals surface area contributed by atoms with Gasteiger partial charge in [0, 0.05) is 49.9 Å². The van der Waals surface area contributed by atoms with Gasteiger partial charge in [0.05, 0.1) is 54.7 Å². The van der Waals surface area contributed by atoms with Crippen molar-refractivity contribution in [2.45, 2.75) is 18.9 Å². The third kappa shape index (κ3) is 6.54. The molecule has 1 aromatic carbocycles. The molecule has 3 aromatic heterocycles. The lowest BCUT2D eigenvalue weighted by Gasteiger charge is -2.30. The van der Waals surface area contributed by atoms with Crippen LogP contribution < -0.4 is 20.7 Å². The molecule has 7 rings (SSSR count). The molecule has 3 aliphatic rings. The standard InChI is InChI=1S/C31H33F3N8O4S/c1-17(32)28(43)37-18-13-42(8-11-45-14-18)27-20-12-36-23(19-2-3-21(33)26-25(19)38-29(35)47-26)22(34)24(20)39-30(40-27)46-16-31(4-5-31)15-41-6-9-44-10-7-41/h2-3,12,18H,1,4-11,13-16H2,(H2,35,38)(H,37,43). The van der Waals surface area contributed by atoms with Crippen LogP contribution in [0.1, 0.15) is 12.8 Å². The SMILES string of the molecule is C=C(F)C(=O)NC1COCCN(c2nc(OCC3(CN4CCOCC4)CC3)nc3c(F)c(-c4ccc(F)c5sc(N)nc45)ncc23)C1. The predicted octanol–water partition coefficient (Wildman–Crippen LogP) is 3.46. The molecular weight excluding hydrogens is 637 g/mol. The average molecular weight is 671 g/mol. The van der Waals surface area contributed by atoms with Gasteiger partial charge < -0.3 is 30.2 Å². The molecule has 4 aromatic rings. The maximum Gasteiger partial charge on any atom is 0.319 e. The summed E-state index contributed by atoms with van der Waals surface area (Å²) in [5.74, 6) is -3.04. The van der Waals surface area contributed by atoms with Crippen LogP contribution in [0.4, 0.5) is 24.1 Å². The van der Waals surface area contributed by atoms with Crippen LogP contribution in [0.25, 0.3) is 32.4 Å². The minimum atomic E-state index is -1.12. The minimum Gasteiger partial charge on any atom is -0.463 e. The number of fused-ring (bicyclic) bond motifs is 2. The number of ether oxygens (including phenoxy) is 3. The molecular formula is C31H33F3N8O4S. The molecule has 3 fully saturated rings. The largest absolute Gasteiger partial charge is 0.463 e. The zero-order valence-electron chi connectivity index (χ0n) is 25.4. The summed E-state index contributed by atoms with van der Waals surface area (Å²) in [6.07, 6.45) is 3.41. The number of nitrogens with one attached hydrogen (secondary N) is 1. The summed E-state index contributed by atoms with van der Waals surface area (Å²) in [5.41, 5.74) is 6.12. The van der Waals surface area contributed by atoms with Crippen molar-refractivity contribution >= 4 is 49.3 Å². The maximum absolute atomic E-state index is 16.6. The van der Waals surface area contributed by atoms with Gasteiger partial charge in [-0.2, -0.15) is 9.97 Å². The van der Waals surface area contributed by atoms with Crippen molar-refractivity contribution in [3.05, 3.63) is 42.4 Å². The van der Waals surface area contributed by atoms with E-state index in [-0.39, 0.29) is 68.7 Å². The molecule has 3 N–H and O–H groups in total. The Bertz CT molecular complexity index is 1850. The summed E-state index contributed by atoms with van der Waals surface area (Å²) in [4.78, 5) is 34.1. The summed E-state index contributed by atoms with van der Waals surface area (Å²) in [6, 6.07) is 1.99. The monoisotopic (exact) mass is 670 g/mol. The first-order chi connectivity index (χ1) is 22.7. The topological polar surface area (TPSA) is 141 Å². The van der Waals surface area contributed by atoms with Gasteiger partial charge in [-0.15, -0.1) is 0 Å². The van der Waals surface area contributed by atoms with E-state index in [1.165, 1.54) is 18.3 Å². The quantitative estimate of drug-likeness (QED) is 0.253. The smallest absolute Gasteiger partial charge is 0.319 e. The molecule has 1 aliphatic carbocycles.